The second-order valence-electron chi connectivity index (χ2n) is 3.76. The number of carbonyl (C=O) groups excluding carboxylic acids is 3. The summed E-state index contributed by atoms with van der Waals surface area (Å²) in [6.07, 6.45) is 0. The quantitative estimate of drug-likeness (QED) is 0.337. The molecule has 0 aliphatic carbocycles. The maximum atomic E-state index is 11.5. The van der Waals surface area contributed by atoms with Gasteiger partial charge in [-0.05, 0) is 18.2 Å². The number of carbonyl (C=O) groups is 3. The van der Waals surface area contributed by atoms with Gasteiger partial charge in [-0.3, -0.25) is 4.79 Å². The van der Waals surface area contributed by atoms with Crippen LogP contribution in [0.4, 0.5) is 0 Å². The molecule has 8 nitrogen and oxygen atoms in total. The minimum atomic E-state index is -0.762. The number of ketones is 1. The Morgan fingerprint density at radius 3 is 2.25 bits per heavy atom. The Hall–Kier alpha value is -2.29. The average Bonchev–Trinajstić information content (AvgIpc) is 2.44. The van der Waals surface area contributed by atoms with Crippen molar-refractivity contribution in [1.29, 1.82) is 0 Å². The minimum Gasteiger partial charge on any atom is -0.421 e. The van der Waals surface area contributed by atoms with Gasteiger partial charge in [0.2, 0.25) is 0 Å². The van der Waals surface area contributed by atoms with Gasteiger partial charge in [0, 0.05) is 5.56 Å². The van der Waals surface area contributed by atoms with E-state index in [0.717, 1.165) is 0 Å². The summed E-state index contributed by atoms with van der Waals surface area (Å²) in [6, 6.07) is 4.03. The van der Waals surface area contributed by atoms with Gasteiger partial charge in [0.1, 0.15) is 0 Å². The largest absolute Gasteiger partial charge is 0.421 e. The van der Waals surface area contributed by atoms with Crippen molar-refractivity contribution >= 4 is 17.7 Å². The van der Waals surface area contributed by atoms with Crippen molar-refractivity contribution in [1.82, 2.24) is 0 Å². The molecule has 0 bridgehead atoms. The first-order valence-electron chi connectivity index (χ1n) is 5.63. The summed E-state index contributed by atoms with van der Waals surface area (Å²) >= 11 is 0. The predicted octanol–water partition coefficient (Wildman–Crippen LogP) is -0.399. The van der Waals surface area contributed by atoms with E-state index in [1.165, 1.54) is 18.2 Å². The molecule has 1 heterocycles. The van der Waals surface area contributed by atoms with E-state index in [9.17, 15) is 14.4 Å². The Morgan fingerprint density at radius 1 is 1.05 bits per heavy atom. The summed E-state index contributed by atoms with van der Waals surface area (Å²) in [5.41, 5.74) is 5.49. The Kier molecular flexibility index (Phi) is 4.41. The van der Waals surface area contributed by atoms with Crippen LogP contribution in [-0.4, -0.2) is 37.5 Å². The van der Waals surface area contributed by atoms with Gasteiger partial charge in [0.05, 0.1) is 6.54 Å². The zero-order chi connectivity index (χ0) is 14.5. The second-order valence-corrected chi connectivity index (χ2v) is 3.76. The average molecular weight is 281 g/mol. The maximum Gasteiger partial charge on any atom is 0.341 e. The van der Waals surface area contributed by atoms with E-state index in [1.54, 1.807) is 0 Å². The van der Waals surface area contributed by atoms with Crippen LogP contribution in [0.15, 0.2) is 18.2 Å². The van der Waals surface area contributed by atoms with Crippen molar-refractivity contribution < 1.29 is 33.6 Å². The number of hydrogen-bond donors (Lipinski definition) is 1. The smallest absolute Gasteiger partial charge is 0.341 e. The summed E-state index contributed by atoms with van der Waals surface area (Å²) in [5.74, 6) is -1.90. The molecule has 2 N–H and O–H groups in total. The van der Waals surface area contributed by atoms with Gasteiger partial charge < -0.3 is 15.2 Å². The number of benzene rings is 1. The van der Waals surface area contributed by atoms with Gasteiger partial charge in [-0.2, -0.15) is 0 Å². The number of fused-ring (bicyclic) bond motifs is 1. The van der Waals surface area contributed by atoms with Crippen molar-refractivity contribution in [3.05, 3.63) is 23.8 Å². The number of Topliss-reactive ketones (excluding diaryl/α,β-unsaturated/α-hetero) is 1. The molecule has 1 aliphatic heterocycles. The zero-order valence-electron chi connectivity index (χ0n) is 10.3. The fourth-order valence-electron chi connectivity index (χ4n) is 1.45. The van der Waals surface area contributed by atoms with Crippen molar-refractivity contribution in [3.63, 3.8) is 0 Å². The van der Waals surface area contributed by atoms with Gasteiger partial charge in [0.25, 0.3) is 0 Å². The van der Waals surface area contributed by atoms with E-state index in [-0.39, 0.29) is 29.4 Å². The van der Waals surface area contributed by atoms with Crippen molar-refractivity contribution in [3.8, 4) is 11.5 Å². The minimum absolute atomic E-state index is 0.00224. The molecular weight excluding hydrogens is 270 g/mol. The summed E-state index contributed by atoms with van der Waals surface area (Å²) in [5, 5.41) is 0. The first kappa shape index (κ1) is 14.1. The van der Waals surface area contributed by atoms with E-state index in [0.29, 0.717) is 0 Å². The third kappa shape index (κ3) is 3.38. The van der Waals surface area contributed by atoms with Crippen LogP contribution in [0.25, 0.3) is 0 Å². The number of esters is 2. The van der Waals surface area contributed by atoms with Crippen molar-refractivity contribution in [2.24, 2.45) is 5.73 Å². The SMILES string of the molecule is NCC(=O)c1ccc2c(c1)OC(=O)COOCC(=O)O2. The topological polar surface area (TPSA) is 114 Å². The molecule has 0 atom stereocenters. The third-order valence-corrected chi connectivity index (χ3v) is 2.34. The van der Waals surface area contributed by atoms with Crippen LogP contribution < -0.4 is 15.2 Å². The molecule has 0 amide bonds. The molecule has 0 fully saturated rings. The van der Waals surface area contributed by atoms with Crippen LogP contribution in [-0.2, 0) is 19.4 Å². The fraction of sp³-hybridized carbons (Fsp3) is 0.250. The first-order valence-corrected chi connectivity index (χ1v) is 5.63. The van der Waals surface area contributed by atoms with Crippen molar-refractivity contribution in [2.75, 3.05) is 19.8 Å². The molecule has 106 valence electrons. The van der Waals surface area contributed by atoms with Gasteiger partial charge in [-0.1, -0.05) is 0 Å². The van der Waals surface area contributed by atoms with Crippen LogP contribution in [0, 0.1) is 0 Å². The lowest BCUT2D eigenvalue weighted by atomic mass is 10.1. The molecular formula is C12H11NO7. The number of ether oxygens (including phenoxy) is 2. The Balaban J connectivity index is 2.35. The normalized spacial score (nSPS) is 15.8. The van der Waals surface area contributed by atoms with E-state index < -0.39 is 25.2 Å². The van der Waals surface area contributed by atoms with Crippen LogP contribution in [0.3, 0.4) is 0 Å². The highest BCUT2D eigenvalue weighted by Gasteiger charge is 2.19. The van der Waals surface area contributed by atoms with E-state index in [2.05, 4.69) is 9.78 Å². The first-order chi connectivity index (χ1) is 9.60. The Morgan fingerprint density at radius 2 is 1.65 bits per heavy atom. The molecule has 0 aromatic heterocycles. The lowest BCUT2D eigenvalue weighted by Crippen LogP contribution is -2.23. The highest BCUT2D eigenvalue weighted by molar-refractivity contribution is 5.98. The molecule has 0 saturated heterocycles. The Labute approximate surface area is 113 Å². The van der Waals surface area contributed by atoms with Gasteiger partial charge in [0.15, 0.2) is 30.5 Å². The highest BCUT2D eigenvalue weighted by Crippen LogP contribution is 2.29. The zero-order valence-corrected chi connectivity index (χ0v) is 10.3. The lowest BCUT2D eigenvalue weighted by Gasteiger charge is -2.13. The molecule has 1 aliphatic rings. The number of hydrogen-bond acceptors (Lipinski definition) is 8. The van der Waals surface area contributed by atoms with Crippen LogP contribution in [0.2, 0.25) is 0 Å². The second kappa shape index (κ2) is 6.24. The standard InChI is InChI=1S/C12H11NO7/c13-4-8(14)7-1-2-9-10(3-7)20-12(16)6-18-17-5-11(15)19-9/h1-3H,4-6,13H2. The van der Waals surface area contributed by atoms with Gasteiger partial charge >= 0.3 is 11.9 Å². The molecule has 2 rings (SSSR count). The summed E-state index contributed by atoms with van der Waals surface area (Å²) in [6.45, 7) is -1.17. The van der Waals surface area contributed by atoms with E-state index in [1.807, 2.05) is 0 Å². The molecule has 0 unspecified atom stereocenters. The molecule has 0 spiro atoms. The Bertz CT molecular complexity index is 555. The molecule has 1 aromatic carbocycles. The third-order valence-electron chi connectivity index (χ3n) is 2.34. The predicted molar refractivity (Wildman–Crippen MR) is 63.0 cm³/mol. The molecule has 8 heteroatoms. The van der Waals surface area contributed by atoms with Crippen LogP contribution in [0.5, 0.6) is 11.5 Å². The van der Waals surface area contributed by atoms with E-state index in [4.69, 9.17) is 15.2 Å². The monoisotopic (exact) mass is 281 g/mol. The number of rotatable bonds is 2. The molecule has 1 aromatic rings. The van der Waals surface area contributed by atoms with Gasteiger partial charge in [-0.15, -0.1) is 0 Å². The summed E-state index contributed by atoms with van der Waals surface area (Å²) in [7, 11) is 0. The summed E-state index contributed by atoms with van der Waals surface area (Å²) in [4.78, 5) is 43.2. The van der Waals surface area contributed by atoms with E-state index >= 15 is 0 Å². The molecule has 0 radical (unpaired) electrons. The van der Waals surface area contributed by atoms with Crippen LogP contribution >= 0.6 is 0 Å². The highest BCUT2D eigenvalue weighted by atomic mass is 17.2. The molecule has 20 heavy (non-hydrogen) atoms. The van der Waals surface area contributed by atoms with Gasteiger partial charge in [-0.25, -0.2) is 19.4 Å². The summed E-state index contributed by atoms with van der Waals surface area (Å²) < 4.78 is 9.87. The molecule has 0 saturated carbocycles. The van der Waals surface area contributed by atoms with Crippen LogP contribution in [0.1, 0.15) is 10.4 Å². The lowest BCUT2D eigenvalue weighted by molar-refractivity contribution is -0.289. The fourth-order valence-corrected chi connectivity index (χ4v) is 1.45. The van der Waals surface area contributed by atoms with Crippen molar-refractivity contribution in [2.45, 2.75) is 0 Å². The maximum absolute atomic E-state index is 11.5. The number of nitrogens with two attached hydrogens (primary N) is 1.